The third kappa shape index (κ3) is 9.15. The van der Waals surface area contributed by atoms with Crippen LogP contribution < -0.4 is 14.2 Å². The van der Waals surface area contributed by atoms with E-state index in [4.69, 9.17) is 18.6 Å². The molecule has 25 heavy (non-hydrogen) atoms. The second kappa shape index (κ2) is 11.5. The Kier molecular flexibility index (Phi) is 9.70. The topological polar surface area (TPSA) is 116 Å². The number of ether oxygens (including phenoxy) is 3. The fourth-order valence-corrected chi connectivity index (χ4v) is 2.86. The molecule has 1 aromatic rings. The molecule has 0 fully saturated rings. The van der Waals surface area contributed by atoms with Crippen molar-refractivity contribution in [1.29, 1.82) is 0 Å². The molecule has 0 unspecified atom stereocenters. The van der Waals surface area contributed by atoms with Crippen molar-refractivity contribution in [2.75, 3.05) is 26.4 Å². The van der Waals surface area contributed by atoms with E-state index in [2.05, 4.69) is 28.1 Å². The van der Waals surface area contributed by atoms with Crippen LogP contribution in [0, 0.1) is 0 Å². The summed E-state index contributed by atoms with van der Waals surface area (Å²) in [5.74, 6) is 0. The molecule has 0 radical (unpaired) electrons. The fourth-order valence-electron chi connectivity index (χ4n) is 1.58. The van der Waals surface area contributed by atoms with Crippen molar-refractivity contribution >= 4 is 8.80 Å². The summed E-state index contributed by atoms with van der Waals surface area (Å²) in [5, 5.41) is 0. The molecule has 0 saturated carbocycles. The van der Waals surface area contributed by atoms with Crippen LogP contribution in [0.2, 0.25) is 6.04 Å². The Morgan fingerprint density at radius 2 is 1.44 bits per heavy atom. The highest BCUT2D eigenvalue weighted by Crippen LogP contribution is 2.16. The first kappa shape index (κ1) is 21.0. The zero-order valence-corrected chi connectivity index (χ0v) is 15.4. The van der Waals surface area contributed by atoms with Crippen molar-refractivity contribution in [3.63, 3.8) is 0 Å². The van der Waals surface area contributed by atoms with Gasteiger partial charge in [-0.3, -0.25) is 0 Å². The molecule has 0 atom stereocenters. The highest BCUT2D eigenvalue weighted by Gasteiger charge is 2.31. The fraction of sp³-hybridized carbons (Fsp3) is 0.533. The number of hydrogen-bond donors (Lipinski definition) is 2. The van der Waals surface area contributed by atoms with E-state index in [1.165, 1.54) is 0 Å². The quantitative estimate of drug-likeness (QED) is 0.282. The summed E-state index contributed by atoms with van der Waals surface area (Å²) in [5.41, 5.74) is 0. The first-order valence-electron chi connectivity index (χ1n) is 7.95. The first-order valence-corrected chi connectivity index (χ1v) is 9.96. The van der Waals surface area contributed by atoms with Gasteiger partial charge >= 0.3 is 26.8 Å². The van der Waals surface area contributed by atoms with Crippen LogP contribution in [-0.2, 0) is 4.43 Å². The van der Waals surface area contributed by atoms with E-state index in [1.54, 1.807) is 12.2 Å². The van der Waals surface area contributed by atoms with Gasteiger partial charge < -0.3 is 28.2 Å². The molecule has 0 saturated heterocycles. The molecular weight excluding hydrogens is 346 g/mol. The van der Waals surface area contributed by atoms with Gasteiger partial charge in [0.2, 0.25) is 0 Å². The number of hydrogen-bond acceptors (Lipinski definition) is 9. The molecule has 1 rings (SSSR count). The van der Waals surface area contributed by atoms with Gasteiger partial charge in [0.25, 0.3) is 0 Å². The van der Waals surface area contributed by atoms with Gasteiger partial charge in [-0.1, -0.05) is 32.2 Å². The third-order valence-corrected chi connectivity index (χ3v) is 4.32. The van der Waals surface area contributed by atoms with E-state index in [-0.39, 0.29) is 43.9 Å². The Labute approximate surface area is 148 Å². The van der Waals surface area contributed by atoms with Crippen molar-refractivity contribution in [3.05, 3.63) is 25.3 Å². The van der Waals surface area contributed by atoms with Gasteiger partial charge in [-0.05, 0) is 12.8 Å². The van der Waals surface area contributed by atoms with Crippen LogP contribution in [0.5, 0.6) is 18.0 Å². The zero-order chi connectivity index (χ0) is 18.5. The molecule has 0 amide bonds. The maximum Gasteiger partial charge on any atom is 0.495 e. The normalized spacial score (nSPS) is 11.0. The average molecular weight is 371 g/mol. The molecule has 0 spiro atoms. The molecule has 140 valence electrons. The van der Waals surface area contributed by atoms with Crippen LogP contribution in [0.4, 0.5) is 0 Å². The molecule has 0 bridgehead atoms. The highest BCUT2D eigenvalue weighted by atomic mass is 28.4. The second-order valence-electron chi connectivity index (χ2n) is 4.93. The molecule has 2 N–H and O–H groups in total. The van der Waals surface area contributed by atoms with Crippen LogP contribution >= 0.6 is 0 Å². The monoisotopic (exact) mass is 371 g/mol. The molecule has 0 aromatic carbocycles. The molecule has 0 aliphatic heterocycles. The van der Waals surface area contributed by atoms with Crippen LogP contribution in [-0.4, -0.2) is 59.8 Å². The van der Waals surface area contributed by atoms with Crippen molar-refractivity contribution in [1.82, 2.24) is 15.0 Å². The van der Waals surface area contributed by atoms with Crippen molar-refractivity contribution < 1.29 is 28.2 Å². The van der Waals surface area contributed by atoms with Crippen molar-refractivity contribution in [2.24, 2.45) is 0 Å². The maximum atomic E-state index is 9.74. The standard InChI is InChI=1S/C15H25N3O6Si/c1-4-8-21-13-16-14(22-9-5-2)18-15(17-13)23-11-7-12-25(19,20)24-10-6-3/h4-5,19-20H,1-2,6-12H2,3H3. The van der Waals surface area contributed by atoms with Gasteiger partial charge in [0.05, 0.1) is 6.61 Å². The predicted octanol–water partition coefficient (Wildman–Crippen LogP) is 1.12. The van der Waals surface area contributed by atoms with Crippen molar-refractivity contribution in [2.45, 2.75) is 25.8 Å². The summed E-state index contributed by atoms with van der Waals surface area (Å²) in [4.78, 5) is 31.5. The van der Waals surface area contributed by atoms with E-state index >= 15 is 0 Å². The van der Waals surface area contributed by atoms with Gasteiger partial charge in [0, 0.05) is 12.7 Å². The molecule has 9 nitrogen and oxygen atoms in total. The summed E-state index contributed by atoms with van der Waals surface area (Å²) in [7, 11) is -3.62. The Morgan fingerprint density at radius 1 is 0.920 bits per heavy atom. The van der Waals surface area contributed by atoms with Gasteiger partial charge in [-0.15, -0.1) is 15.0 Å². The lowest BCUT2D eigenvalue weighted by atomic mass is 10.5. The van der Waals surface area contributed by atoms with Crippen LogP contribution in [0.25, 0.3) is 0 Å². The summed E-state index contributed by atoms with van der Waals surface area (Å²) < 4.78 is 21.0. The molecular formula is C15H25N3O6Si. The lowest BCUT2D eigenvalue weighted by molar-refractivity contribution is 0.143. The van der Waals surface area contributed by atoms with E-state index < -0.39 is 8.80 Å². The molecule has 1 heterocycles. The summed E-state index contributed by atoms with van der Waals surface area (Å²) in [6, 6.07) is 0.231. The predicted molar refractivity (Wildman–Crippen MR) is 92.6 cm³/mol. The number of rotatable bonds is 14. The lowest BCUT2D eigenvalue weighted by Crippen LogP contribution is -2.39. The minimum Gasteiger partial charge on any atom is -0.463 e. The third-order valence-electron chi connectivity index (χ3n) is 2.65. The minimum atomic E-state index is -3.62. The number of aromatic nitrogens is 3. The first-order chi connectivity index (χ1) is 12.0. The van der Waals surface area contributed by atoms with E-state index in [9.17, 15) is 9.59 Å². The molecule has 0 aliphatic carbocycles. The molecule has 1 aromatic heterocycles. The van der Waals surface area contributed by atoms with Gasteiger partial charge in [0.15, 0.2) is 0 Å². The maximum absolute atomic E-state index is 9.74. The number of nitrogens with zero attached hydrogens (tertiary/aromatic N) is 3. The summed E-state index contributed by atoms with van der Waals surface area (Å²) in [6.07, 6.45) is 4.20. The zero-order valence-electron chi connectivity index (χ0n) is 14.4. The van der Waals surface area contributed by atoms with Crippen LogP contribution in [0.15, 0.2) is 25.3 Å². The van der Waals surface area contributed by atoms with E-state index in [1.807, 2.05) is 6.92 Å². The second-order valence-corrected chi connectivity index (χ2v) is 7.20. The summed E-state index contributed by atoms with van der Waals surface area (Å²) >= 11 is 0. The molecule has 10 heteroatoms. The van der Waals surface area contributed by atoms with E-state index in [0.717, 1.165) is 6.42 Å². The summed E-state index contributed by atoms with van der Waals surface area (Å²) in [6.45, 7) is 9.94. The van der Waals surface area contributed by atoms with Crippen LogP contribution in [0.1, 0.15) is 19.8 Å². The SMILES string of the molecule is C=CCOc1nc(OCC=C)nc(OCCC[Si](O)(O)OCCC)n1. The largest absolute Gasteiger partial charge is 0.495 e. The van der Waals surface area contributed by atoms with Gasteiger partial charge in [-0.25, -0.2) is 0 Å². The Balaban J connectivity index is 2.57. The van der Waals surface area contributed by atoms with E-state index in [0.29, 0.717) is 13.0 Å². The smallest absolute Gasteiger partial charge is 0.463 e. The Bertz CT molecular complexity index is 514. The molecule has 0 aliphatic rings. The average Bonchev–Trinajstić information content (AvgIpc) is 2.60. The Hall–Kier alpha value is -2.01. The minimum absolute atomic E-state index is 0.0192. The van der Waals surface area contributed by atoms with Gasteiger partial charge in [-0.2, -0.15) is 0 Å². The van der Waals surface area contributed by atoms with Crippen molar-refractivity contribution in [3.8, 4) is 18.0 Å². The Morgan fingerprint density at radius 3 is 1.92 bits per heavy atom. The highest BCUT2D eigenvalue weighted by molar-refractivity contribution is 6.57. The lowest BCUT2D eigenvalue weighted by Gasteiger charge is -2.17. The van der Waals surface area contributed by atoms with Crippen LogP contribution in [0.3, 0.4) is 0 Å². The van der Waals surface area contributed by atoms with Gasteiger partial charge in [0.1, 0.15) is 13.2 Å².